The SMILES string of the molecule is CCOc1ccc2nc(C(C)N3CCCCC3C)[nH]c2c1. The topological polar surface area (TPSA) is 41.1 Å². The Bertz CT molecular complexity index is 607. The number of imidazole rings is 1. The van der Waals surface area contributed by atoms with Crippen LogP contribution in [-0.2, 0) is 0 Å². The lowest BCUT2D eigenvalue weighted by Gasteiger charge is -2.37. The quantitative estimate of drug-likeness (QED) is 0.927. The summed E-state index contributed by atoms with van der Waals surface area (Å²) in [6.45, 7) is 8.44. The largest absolute Gasteiger partial charge is 0.494 e. The van der Waals surface area contributed by atoms with Gasteiger partial charge < -0.3 is 9.72 Å². The van der Waals surface area contributed by atoms with E-state index < -0.39 is 0 Å². The molecule has 4 heteroatoms. The zero-order chi connectivity index (χ0) is 14.8. The Morgan fingerprint density at radius 2 is 2.29 bits per heavy atom. The predicted octanol–water partition coefficient (Wildman–Crippen LogP) is 3.90. The third-order valence-electron chi connectivity index (χ3n) is 4.53. The van der Waals surface area contributed by atoms with E-state index in [1.165, 1.54) is 25.8 Å². The average molecular weight is 287 g/mol. The highest BCUT2D eigenvalue weighted by atomic mass is 16.5. The van der Waals surface area contributed by atoms with Crippen LogP contribution in [0.25, 0.3) is 11.0 Å². The normalized spacial score (nSPS) is 21.6. The van der Waals surface area contributed by atoms with Gasteiger partial charge in [-0.2, -0.15) is 0 Å². The van der Waals surface area contributed by atoms with Gasteiger partial charge in [0.1, 0.15) is 11.6 Å². The highest BCUT2D eigenvalue weighted by Gasteiger charge is 2.25. The first-order valence-corrected chi connectivity index (χ1v) is 8.07. The van der Waals surface area contributed by atoms with E-state index in [2.05, 4.69) is 23.7 Å². The molecule has 2 atom stereocenters. The molecule has 2 aromatic rings. The number of hydrogen-bond donors (Lipinski definition) is 1. The average Bonchev–Trinajstić information content (AvgIpc) is 2.90. The lowest BCUT2D eigenvalue weighted by Crippen LogP contribution is -2.39. The molecule has 2 heterocycles. The van der Waals surface area contributed by atoms with Gasteiger partial charge in [0.15, 0.2) is 0 Å². The number of piperidine rings is 1. The van der Waals surface area contributed by atoms with Gasteiger partial charge in [0, 0.05) is 12.1 Å². The standard InChI is InChI=1S/C17H25N3O/c1-4-21-14-8-9-15-16(11-14)19-17(18-15)13(3)20-10-6-5-7-12(20)2/h8-9,11-13H,4-7,10H2,1-3H3,(H,18,19). The summed E-state index contributed by atoms with van der Waals surface area (Å²) in [7, 11) is 0. The number of nitrogens with one attached hydrogen (secondary N) is 1. The summed E-state index contributed by atoms with van der Waals surface area (Å²) < 4.78 is 5.56. The molecular formula is C17H25N3O. The van der Waals surface area contributed by atoms with Gasteiger partial charge >= 0.3 is 0 Å². The van der Waals surface area contributed by atoms with Gasteiger partial charge in [-0.05, 0) is 52.3 Å². The van der Waals surface area contributed by atoms with Crippen LogP contribution >= 0.6 is 0 Å². The Balaban J connectivity index is 1.85. The number of ether oxygens (including phenoxy) is 1. The van der Waals surface area contributed by atoms with E-state index in [0.717, 1.165) is 22.6 Å². The van der Waals surface area contributed by atoms with Crippen LogP contribution in [0.5, 0.6) is 5.75 Å². The summed E-state index contributed by atoms with van der Waals surface area (Å²) in [5.74, 6) is 1.96. The van der Waals surface area contributed by atoms with E-state index in [0.29, 0.717) is 18.7 Å². The highest BCUT2D eigenvalue weighted by Crippen LogP contribution is 2.28. The minimum atomic E-state index is 0.336. The zero-order valence-corrected chi connectivity index (χ0v) is 13.2. The third kappa shape index (κ3) is 2.91. The molecule has 4 nitrogen and oxygen atoms in total. The van der Waals surface area contributed by atoms with Crippen LogP contribution in [0.2, 0.25) is 0 Å². The van der Waals surface area contributed by atoms with Crippen molar-refractivity contribution in [2.24, 2.45) is 0 Å². The second-order valence-corrected chi connectivity index (χ2v) is 5.99. The molecule has 114 valence electrons. The Morgan fingerprint density at radius 3 is 3.05 bits per heavy atom. The van der Waals surface area contributed by atoms with E-state index in [4.69, 9.17) is 9.72 Å². The van der Waals surface area contributed by atoms with Crippen molar-refractivity contribution >= 4 is 11.0 Å². The molecule has 0 bridgehead atoms. The number of H-pyrrole nitrogens is 1. The molecule has 0 spiro atoms. The summed E-state index contributed by atoms with van der Waals surface area (Å²) in [6, 6.07) is 7.04. The molecule has 21 heavy (non-hydrogen) atoms. The van der Waals surface area contributed by atoms with Crippen molar-refractivity contribution in [3.05, 3.63) is 24.0 Å². The maximum absolute atomic E-state index is 5.56. The third-order valence-corrected chi connectivity index (χ3v) is 4.53. The molecule has 1 aromatic heterocycles. The summed E-state index contributed by atoms with van der Waals surface area (Å²) in [5, 5.41) is 0. The number of aromatic amines is 1. The molecular weight excluding hydrogens is 262 g/mol. The van der Waals surface area contributed by atoms with Gasteiger partial charge in [-0.15, -0.1) is 0 Å². The number of hydrogen-bond acceptors (Lipinski definition) is 3. The molecule has 1 N–H and O–H groups in total. The van der Waals surface area contributed by atoms with E-state index in [9.17, 15) is 0 Å². The van der Waals surface area contributed by atoms with Crippen LogP contribution in [0.3, 0.4) is 0 Å². The monoisotopic (exact) mass is 287 g/mol. The van der Waals surface area contributed by atoms with Gasteiger partial charge in [-0.1, -0.05) is 6.42 Å². The first kappa shape index (κ1) is 14.4. The maximum Gasteiger partial charge on any atom is 0.124 e. The molecule has 1 aliphatic heterocycles. The summed E-state index contributed by atoms with van der Waals surface area (Å²) in [6.07, 6.45) is 3.94. The van der Waals surface area contributed by atoms with Gasteiger partial charge in [0.05, 0.1) is 23.7 Å². The summed E-state index contributed by atoms with van der Waals surface area (Å²) >= 11 is 0. The van der Waals surface area contributed by atoms with Crippen molar-refractivity contribution < 1.29 is 4.74 Å². The first-order valence-electron chi connectivity index (χ1n) is 8.07. The first-order chi connectivity index (χ1) is 10.2. The minimum absolute atomic E-state index is 0.336. The Labute approximate surface area is 126 Å². The highest BCUT2D eigenvalue weighted by molar-refractivity contribution is 5.76. The molecule has 2 unspecified atom stereocenters. The summed E-state index contributed by atoms with van der Waals surface area (Å²) in [5.41, 5.74) is 2.08. The molecule has 0 radical (unpaired) electrons. The fourth-order valence-corrected chi connectivity index (χ4v) is 3.32. The Morgan fingerprint density at radius 1 is 1.43 bits per heavy atom. The molecule has 1 saturated heterocycles. The number of nitrogens with zero attached hydrogens (tertiary/aromatic N) is 2. The lowest BCUT2D eigenvalue weighted by molar-refractivity contribution is 0.110. The van der Waals surface area contributed by atoms with Gasteiger partial charge in [0.25, 0.3) is 0 Å². The molecule has 3 rings (SSSR count). The van der Waals surface area contributed by atoms with Gasteiger partial charge in [-0.25, -0.2) is 4.98 Å². The maximum atomic E-state index is 5.56. The molecule has 1 aromatic carbocycles. The van der Waals surface area contributed by atoms with Crippen molar-refractivity contribution in [1.82, 2.24) is 14.9 Å². The van der Waals surface area contributed by atoms with Gasteiger partial charge in [0.2, 0.25) is 0 Å². The van der Waals surface area contributed by atoms with E-state index in [1.54, 1.807) is 0 Å². The fraction of sp³-hybridized carbons (Fsp3) is 0.588. The number of likely N-dealkylation sites (tertiary alicyclic amines) is 1. The molecule has 0 amide bonds. The number of rotatable bonds is 4. The Hall–Kier alpha value is -1.55. The van der Waals surface area contributed by atoms with Crippen LogP contribution in [0.4, 0.5) is 0 Å². The van der Waals surface area contributed by atoms with Gasteiger partial charge in [-0.3, -0.25) is 4.90 Å². The second-order valence-electron chi connectivity index (χ2n) is 5.99. The van der Waals surface area contributed by atoms with E-state index >= 15 is 0 Å². The van der Waals surface area contributed by atoms with Crippen molar-refractivity contribution in [2.75, 3.05) is 13.2 Å². The van der Waals surface area contributed by atoms with Crippen molar-refractivity contribution in [1.29, 1.82) is 0 Å². The molecule has 1 aliphatic rings. The van der Waals surface area contributed by atoms with Crippen LogP contribution in [0.15, 0.2) is 18.2 Å². The van der Waals surface area contributed by atoms with Crippen LogP contribution in [0, 0.1) is 0 Å². The van der Waals surface area contributed by atoms with Crippen LogP contribution in [0.1, 0.15) is 51.9 Å². The number of aromatic nitrogens is 2. The zero-order valence-electron chi connectivity index (χ0n) is 13.2. The van der Waals surface area contributed by atoms with E-state index in [1.807, 2.05) is 25.1 Å². The second kappa shape index (κ2) is 6.06. The van der Waals surface area contributed by atoms with Crippen molar-refractivity contribution in [2.45, 2.75) is 52.1 Å². The molecule has 1 fully saturated rings. The smallest absolute Gasteiger partial charge is 0.124 e. The van der Waals surface area contributed by atoms with Crippen LogP contribution in [-0.4, -0.2) is 34.1 Å². The van der Waals surface area contributed by atoms with Crippen molar-refractivity contribution in [3.63, 3.8) is 0 Å². The van der Waals surface area contributed by atoms with Crippen LogP contribution < -0.4 is 4.74 Å². The number of benzene rings is 1. The minimum Gasteiger partial charge on any atom is -0.494 e. The summed E-state index contributed by atoms with van der Waals surface area (Å²) in [4.78, 5) is 10.8. The number of fused-ring (bicyclic) bond motifs is 1. The fourth-order valence-electron chi connectivity index (χ4n) is 3.32. The van der Waals surface area contributed by atoms with Crippen molar-refractivity contribution in [3.8, 4) is 5.75 Å². The lowest BCUT2D eigenvalue weighted by atomic mass is 10.0. The Kier molecular flexibility index (Phi) is 4.15. The predicted molar refractivity (Wildman–Crippen MR) is 85.7 cm³/mol. The molecule has 0 aliphatic carbocycles. The van der Waals surface area contributed by atoms with E-state index in [-0.39, 0.29) is 0 Å². The molecule has 0 saturated carbocycles.